The van der Waals surface area contributed by atoms with Gasteiger partial charge in [-0.15, -0.1) is 11.3 Å². The molecule has 0 saturated carbocycles. The third-order valence-electron chi connectivity index (χ3n) is 12.3. The predicted octanol–water partition coefficient (Wildman–Crippen LogP) is 16.0. The van der Waals surface area contributed by atoms with E-state index >= 15 is 0 Å². The summed E-state index contributed by atoms with van der Waals surface area (Å²) in [5.74, 6) is 0.774. The standard InChI is InChI=1S/C59H36N4S/c1-3-15-37(16-4-1)41-31-32-55-50(33-41)51-35-43(63-53-25-13-11-23-47(53)48-24-12-14-26-54(48)63)36-52(56(51)64-55)59-61-57(39-17-5-2-6-18-39)60-58(62-59)40-29-27-38(28-30-40)49-34-42-19-7-8-20-44(42)45-21-9-10-22-46(45)49/h1-36H/i27D,28D,29D,30D. The topological polar surface area (TPSA) is 43.6 Å². The smallest absolute Gasteiger partial charge is 0.165 e. The fraction of sp³-hybridized carbons (Fsp3) is 0. The van der Waals surface area contributed by atoms with E-state index in [1.807, 2.05) is 84.9 Å². The number of hydrogen-bond donors (Lipinski definition) is 0. The number of aromatic nitrogens is 4. The van der Waals surface area contributed by atoms with Crippen LogP contribution in [0.4, 0.5) is 0 Å². The van der Waals surface area contributed by atoms with Crippen LogP contribution in [0.2, 0.25) is 0 Å². The number of rotatable bonds is 6. The Morgan fingerprint density at radius 3 is 1.64 bits per heavy atom. The molecular formula is C59H36N4S. The molecule has 298 valence electrons. The summed E-state index contributed by atoms with van der Waals surface area (Å²) in [6.45, 7) is 0. The zero-order chi connectivity index (χ0) is 45.6. The molecular weight excluding hydrogens is 797 g/mol. The van der Waals surface area contributed by atoms with E-state index in [4.69, 9.17) is 15.0 Å². The van der Waals surface area contributed by atoms with E-state index in [1.54, 1.807) is 11.3 Å². The van der Waals surface area contributed by atoms with E-state index in [0.717, 1.165) is 91.5 Å². The molecule has 0 radical (unpaired) electrons. The maximum Gasteiger partial charge on any atom is 0.165 e. The molecule has 64 heavy (non-hydrogen) atoms. The van der Waals surface area contributed by atoms with Crippen molar-refractivity contribution in [2.45, 2.75) is 0 Å². The number of fused-ring (bicyclic) bond motifs is 9. The summed E-state index contributed by atoms with van der Waals surface area (Å²) in [7, 11) is 0. The van der Waals surface area contributed by atoms with Crippen molar-refractivity contribution in [1.82, 2.24) is 19.5 Å². The fourth-order valence-electron chi connectivity index (χ4n) is 9.31. The van der Waals surface area contributed by atoms with Crippen LogP contribution in [-0.2, 0) is 0 Å². The van der Waals surface area contributed by atoms with E-state index in [1.165, 1.54) is 0 Å². The van der Waals surface area contributed by atoms with Gasteiger partial charge < -0.3 is 4.57 Å². The van der Waals surface area contributed by atoms with Crippen LogP contribution in [0.5, 0.6) is 0 Å². The van der Waals surface area contributed by atoms with Crippen molar-refractivity contribution in [3.05, 3.63) is 218 Å². The third kappa shape index (κ3) is 5.93. The number of benzene rings is 10. The number of thiophene rings is 1. The summed E-state index contributed by atoms with van der Waals surface area (Å²) < 4.78 is 42.9. The molecule has 10 aromatic carbocycles. The average molecular weight is 837 g/mol. The van der Waals surface area contributed by atoms with Crippen LogP contribution < -0.4 is 0 Å². The minimum atomic E-state index is -0.228. The Kier molecular flexibility index (Phi) is 7.45. The molecule has 0 bridgehead atoms. The Morgan fingerprint density at radius 1 is 0.359 bits per heavy atom. The van der Waals surface area contributed by atoms with Gasteiger partial charge in [0, 0.05) is 53.3 Å². The molecule has 0 saturated heterocycles. The van der Waals surface area contributed by atoms with Gasteiger partial charge in [-0.3, -0.25) is 0 Å². The predicted molar refractivity (Wildman–Crippen MR) is 269 cm³/mol. The van der Waals surface area contributed by atoms with E-state index in [9.17, 15) is 5.48 Å². The van der Waals surface area contributed by atoms with Crippen LogP contribution in [0.15, 0.2) is 218 Å². The molecule has 3 heterocycles. The number of para-hydroxylation sites is 2. The van der Waals surface area contributed by atoms with Crippen molar-refractivity contribution in [3.63, 3.8) is 0 Å². The van der Waals surface area contributed by atoms with Crippen LogP contribution in [-0.4, -0.2) is 19.5 Å². The van der Waals surface area contributed by atoms with Gasteiger partial charge in [0.15, 0.2) is 17.5 Å². The second kappa shape index (κ2) is 14.7. The summed E-state index contributed by atoms with van der Waals surface area (Å²) in [6.07, 6.45) is 0. The van der Waals surface area contributed by atoms with Crippen molar-refractivity contribution >= 4 is 74.9 Å². The van der Waals surface area contributed by atoms with Crippen LogP contribution in [0.1, 0.15) is 5.48 Å². The lowest BCUT2D eigenvalue weighted by Gasteiger charge is -2.14. The molecule has 0 atom stereocenters. The van der Waals surface area contributed by atoms with Crippen LogP contribution in [0.3, 0.4) is 0 Å². The lowest BCUT2D eigenvalue weighted by Crippen LogP contribution is -2.01. The highest BCUT2D eigenvalue weighted by Crippen LogP contribution is 2.44. The average Bonchev–Trinajstić information content (AvgIpc) is 3.94. The highest BCUT2D eigenvalue weighted by molar-refractivity contribution is 7.26. The quantitative estimate of drug-likeness (QED) is 0.157. The normalized spacial score (nSPS) is 12.6. The first-order valence-electron chi connectivity index (χ1n) is 23.3. The van der Waals surface area contributed by atoms with Crippen molar-refractivity contribution in [2.75, 3.05) is 0 Å². The van der Waals surface area contributed by atoms with Gasteiger partial charge in [-0.2, -0.15) is 0 Å². The first-order valence-corrected chi connectivity index (χ1v) is 22.1. The molecule has 3 aromatic heterocycles. The van der Waals surface area contributed by atoms with Crippen LogP contribution in [0.25, 0.3) is 126 Å². The van der Waals surface area contributed by atoms with Gasteiger partial charge >= 0.3 is 0 Å². The van der Waals surface area contributed by atoms with Crippen molar-refractivity contribution in [2.24, 2.45) is 0 Å². The van der Waals surface area contributed by atoms with E-state index in [-0.39, 0.29) is 41.1 Å². The Labute approximate surface area is 378 Å². The Balaban J connectivity index is 1.09. The van der Waals surface area contributed by atoms with Crippen molar-refractivity contribution in [1.29, 1.82) is 0 Å². The SMILES string of the molecule is [2H]c1c([2H])c(-c2cc3ccccc3c3ccccc23)c([2H])c([2H])c1-c1nc(-c2ccccc2)nc(-c2cc(-n3c4ccccc4c4ccccc43)cc3c2sc2ccc(-c4ccccc4)cc23)n1. The monoisotopic (exact) mass is 836 g/mol. The second-order valence-corrected chi connectivity index (χ2v) is 17.1. The lowest BCUT2D eigenvalue weighted by atomic mass is 9.93. The van der Waals surface area contributed by atoms with Gasteiger partial charge in [0.1, 0.15) is 0 Å². The minimum absolute atomic E-state index is 0.00770. The lowest BCUT2D eigenvalue weighted by molar-refractivity contribution is 1.07. The van der Waals surface area contributed by atoms with Gasteiger partial charge in [-0.05, 0) is 86.3 Å². The number of hydrogen-bond acceptors (Lipinski definition) is 4. The Bertz CT molecular complexity index is 4120. The van der Waals surface area contributed by atoms with Crippen LogP contribution >= 0.6 is 11.3 Å². The van der Waals surface area contributed by atoms with E-state index in [0.29, 0.717) is 17.2 Å². The van der Waals surface area contributed by atoms with Crippen molar-refractivity contribution in [3.8, 4) is 62.1 Å². The Hall–Kier alpha value is -8.25. The second-order valence-electron chi connectivity index (χ2n) is 16.0. The molecule has 13 aromatic rings. The zero-order valence-corrected chi connectivity index (χ0v) is 35.0. The molecule has 13 rings (SSSR count). The largest absolute Gasteiger partial charge is 0.309 e. The minimum Gasteiger partial charge on any atom is -0.309 e. The third-order valence-corrected chi connectivity index (χ3v) is 13.5. The zero-order valence-electron chi connectivity index (χ0n) is 38.2. The van der Waals surface area contributed by atoms with Gasteiger partial charge in [-0.25, -0.2) is 15.0 Å². The molecule has 0 aliphatic carbocycles. The summed E-state index contributed by atoms with van der Waals surface area (Å²) in [6, 6.07) is 65.2. The summed E-state index contributed by atoms with van der Waals surface area (Å²) in [4.78, 5) is 15.4. The van der Waals surface area contributed by atoms with Gasteiger partial charge in [0.05, 0.1) is 16.5 Å². The fourth-order valence-corrected chi connectivity index (χ4v) is 10.5. The Morgan fingerprint density at radius 2 is 0.922 bits per heavy atom. The molecule has 4 nitrogen and oxygen atoms in total. The first-order chi connectivity index (χ1) is 33.4. The number of nitrogens with zero attached hydrogens (tertiary/aromatic N) is 4. The van der Waals surface area contributed by atoms with E-state index < -0.39 is 0 Å². The molecule has 0 spiro atoms. The molecule has 0 aliphatic heterocycles. The molecule has 0 aliphatic rings. The van der Waals surface area contributed by atoms with Gasteiger partial charge in [-0.1, -0.05) is 176 Å². The molecule has 0 N–H and O–H groups in total. The highest BCUT2D eigenvalue weighted by atomic mass is 32.1. The van der Waals surface area contributed by atoms with Crippen molar-refractivity contribution < 1.29 is 5.48 Å². The summed E-state index contributed by atoms with van der Waals surface area (Å²) in [5.41, 5.74) is 7.64. The molecule has 0 fully saturated rings. The molecule has 0 amide bonds. The highest BCUT2D eigenvalue weighted by Gasteiger charge is 2.21. The van der Waals surface area contributed by atoms with Gasteiger partial charge in [0.2, 0.25) is 0 Å². The maximum atomic E-state index is 9.67. The maximum absolute atomic E-state index is 9.67. The molecule has 5 heteroatoms. The summed E-state index contributed by atoms with van der Waals surface area (Å²) >= 11 is 1.67. The molecule has 0 unspecified atom stereocenters. The first kappa shape index (κ1) is 32.5. The van der Waals surface area contributed by atoms with E-state index in [2.05, 4.69) is 114 Å². The van der Waals surface area contributed by atoms with Gasteiger partial charge in [0.25, 0.3) is 0 Å². The van der Waals surface area contributed by atoms with Crippen LogP contribution in [0, 0.1) is 0 Å². The summed E-state index contributed by atoms with van der Waals surface area (Å²) in [5, 5.41) is 8.25.